The first-order valence-corrected chi connectivity index (χ1v) is 10.3. The molecule has 2 aromatic heterocycles. The van der Waals surface area contributed by atoms with E-state index in [0.29, 0.717) is 12.3 Å². The molecule has 1 atom stereocenters. The molecular weight excluding hydrogens is 350 g/mol. The number of amides is 1. The quantitative estimate of drug-likeness (QED) is 0.884. The molecule has 140 valence electrons. The summed E-state index contributed by atoms with van der Waals surface area (Å²) in [4.78, 5) is 16.7. The second-order valence-corrected chi connectivity index (χ2v) is 8.20. The van der Waals surface area contributed by atoms with Crippen LogP contribution in [-0.2, 0) is 28.9 Å². The molecule has 0 aromatic carbocycles. The Kier molecular flexibility index (Phi) is 5.31. The maximum absolute atomic E-state index is 12.3. The molecule has 0 spiro atoms. The van der Waals surface area contributed by atoms with Crippen molar-refractivity contribution in [2.45, 2.75) is 64.0 Å². The van der Waals surface area contributed by atoms with Gasteiger partial charge in [-0.2, -0.15) is 0 Å². The van der Waals surface area contributed by atoms with E-state index in [1.165, 1.54) is 0 Å². The lowest BCUT2D eigenvalue weighted by atomic mass is 9.99. The van der Waals surface area contributed by atoms with Crippen LogP contribution in [0.2, 0.25) is 0 Å². The van der Waals surface area contributed by atoms with Crippen LogP contribution >= 0.6 is 11.3 Å². The van der Waals surface area contributed by atoms with Gasteiger partial charge in [0.1, 0.15) is 11.6 Å². The number of ether oxygens (including phenoxy) is 1. The van der Waals surface area contributed by atoms with Gasteiger partial charge in [0.05, 0.1) is 17.1 Å². The van der Waals surface area contributed by atoms with Gasteiger partial charge in [0.25, 0.3) is 0 Å². The fraction of sp³-hybridized carbons (Fsp3) is 0.667. The summed E-state index contributed by atoms with van der Waals surface area (Å²) in [7, 11) is 0. The topological polar surface area (TPSA) is 81.9 Å². The van der Waals surface area contributed by atoms with Crippen molar-refractivity contribution in [2.75, 3.05) is 13.2 Å². The highest BCUT2D eigenvalue weighted by molar-refractivity contribution is 7.09. The molecule has 1 saturated heterocycles. The monoisotopic (exact) mass is 375 g/mol. The first-order valence-electron chi connectivity index (χ1n) is 9.39. The zero-order chi connectivity index (χ0) is 17.9. The summed E-state index contributed by atoms with van der Waals surface area (Å²) in [5.74, 6) is 2.67. The maximum Gasteiger partial charge on any atom is 0.226 e. The van der Waals surface area contributed by atoms with Crippen LogP contribution in [0.15, 0.2) is 5.38 Å². The molecule has 1 fully saturated rings. The third-order valence-electron chi connectivity index (χ3n) is 5.23. The zero-order valence-corrected chi connectivity index (χ0v) is 15.9. The number of rotatable bonds is 4. The molecule has 7 nitrogen and oxygen atoms in total. The third kappa shape index (κ3) is 3.96. The van der Waals surface area contributed by atoms with Crippen LogP contribution in [0.1, 0.15) is 54.0 Å². The number of carbonyl (C=O) groups is 1. The molecule has 2 aliphatic rings. The van der Waals surface area contributed by atoms with Gasteiger partial charge in [0, 0.05) is 43.5 Å². The van der Waals surface area contributed by atoms with Crippen molar-refractivity contribution in [3.05, 3.63) is 27.7 Å². The molecule has 2 aliphatic heterocycles. The van der Waals surface area contributed by atoms with Crippen LogP contribution < -0.4 is 5.32 Å². The minimum Gasteiger partial charge on any atom is -0.381 e. The normalized spacial score (nSPS) is 21.2. The fourth-order valence-electron chi connectivity index (χ4n) is 3.85. The SMILES string of the molecule is Cc1nc(CC(=O)NC2CCc3nnc(C4CCOCC4)n3CC2)cs1. The molecular formula is C18H25N5O2S. The van der Waals surface area contributed by atoms with Gasteiger partial charge in [-0.15, -0.1) is 21.5 Å². The lowest BCUT2D eigenvalue weighted by Gasteiger charge is -2.22. The Labute approximate surface area is 157 Å². The number of nitrogens with zero attached hydrogens (tertiary/aromatic N) is 4. The molecule has 0 radical (unpaired) electrons. The number of carbonyl (C=O) groups excluding carboxylic acids is 1. The van der Waals surface area contributed by atoms with Gasteiger partial charge in [-0.3, -0.25) is 4.79 Å². The minimum atomic E-state index is 0.0580. The lowest BCUT2D eigenvalue weighted by Crippen LogP contribution is -2.36. The summed E-state index contributed by atoms with van der Waals surface area (Å²) in [6.45, 7) is 4.45. The van der Waals surface area contributed by atoms with Crippen LogP contribution in [0.3, 0.4) is 0 Å². The highest BCUT2D eigenvalue weighted by Gasteiger charge is 2.26. The second kappa shape index (κ2) is 7.84. The van der Waals surface area contributed by atoms with Crippen LogP contribution in [0.4, 0.5) is 0 Å². The van der Waals surface area contributed by atoms with Gasteiger partial charge >= 0.3 is 0 Å². The molecule has 4 rings (SSSR count). The number of hydrogen-bond acceptors (Lipinski definition) is 6. The Morgan fingerprint density at radius 2 is 2.15 bits per heavy atom. The van der Waals surface area contributed by atoms with Gasteiger partial charge in [0.2, 0.25) is 5.91 Å². The maximum atomic E-state index is 12.3. The standard InChI is InChI=1S/C18H25N5O2S/c1-12-19-15(11-26-12)10-17(24)20-14-2-3-16-21-22-18(23(16)7-4-14)13-5-8-25-9-6-13/h11,13-14H,2-10H2,1H3,(H,20,24). The van der Waals surface area contributed by atoms with E-state index in [-0.39, 0.29) is 11.9 Å². The van der Waals surface area contributed by atoms with E-state index in [1.54, 1.807) is 11.3 Å². The fourth-order valence-corrected chi connectivity index (χ4v) is 4.46. The van der Waals surface area contributed by atoms with Gasteiger partial charge in [-0.05, 0) is 32.6 Å². The third-order valence-corrected chi connectivity index (χ3v) is 6.06. The summed E-state index contributed by atoms with van der Waals surface area (Å²) >= 11 is 1.59. The number of aromatic nitrogens is 4. The molecule has 26 heavy (non-hydrogen) atoms. The lowest BCUT2D eigenvalue weighted by molar-refractivity contribution is -0.121. The van der Waals surface area contributed by atoms with E-state index in [1.807, 2.05) is 12.3 Å². The summed E-state index contributed by atoms with van der Waals surface area (Å²) in [5, 5.41) is 15.0. The van der Waals surface area contributed by atoms with Crippen LogP contribution in [-0.4, -0.2) is 44.9 Å². The van der Waals surface area contributed by atoms with Crippen molar-refractivity contribution >= 4 is 17.2 Å². The summed E-state index contributed by atoms with van der Waals surface area (Å²) in [5.41, 5.74) is 0.859. The van der Waals surface area contributed by atoms with Crippen molar-refractivity contribution in [1.29, 1.82) is 0 Å². The number of nitrogens with one attached hydrogen (secondary N) is 1. The number of fused-ring (bicyclic) bond motifs is 1. The first kappa shape index (κ1) is 17.6. The van der Waals surface area contributed by atoms with Gasteiger partial charge < -0.3 is 14.6 Å². The molecule has 0 bridgehead atoms. The first-order chi connectivity index (χ1) is 12.7. The number of aryl methyl sites for hydroxylation is 2. The Morgan fingerprint density at radius 3 is 2.92 bits per heavy atom. The van der Waals surface area contributed by atoms with E-state index < -0.39 is 0 Å². The summed E-state index contributed by atoms with van der Waals surface area (Å²) in [6, 6.07) is 0.187. The highest BCUT2D eigenvalue weighted by atomic mass is 32.1. The van der Waals surface area contributed by atoms with Crippen LogP contribution in [0.25, 0.3) is 0 Å². The molecule has 4 heterocycles. The molecule has 0 aliphatic carbocycles. The van der Waals surface area contributed by atoms with E-state index in [2.05, 4.69) is 25.1 Å². The van der Waals surface area contributed by atoms with Crippen molar-refractivity contribution in [1.82, 2.24) is 25.1 Å². The summed E-state index contributed by atoms with van der Waals surface area (Å²) in [6.07, 6.45) is 5.09. The van der Waals surface area contributed by atoms with Gasteiger partial charge in [-0.1, -0.05) is 0 Å². The van der Waals surface area contributed by atoms with Crippen LogP contribution in [0.5, 0.6) is 0 Å². The largest absolute Gasteiger partial charge is 0.381 e. The average Bonchev–Trinajstić information content (AvgIpc) is 3.18. The molecule has 1 unspecified atom stereocenters. The molecule has 1 amide bonds. The predicted octanol–water partition coefficient (Wildman–Crippen LogP) is 2.00. The number of thiazole rings is 1. The minimum absolute atomic E-state index is 0.0580. The van der Waals surface area contributed by atoms with Gasteiger partial charge in [0.15, 0.2) is 0 Å². The Hall–Kier alpha value is -1.80. The van der Waals surface area contributed by atoms with Crippen molar-refractivity contribution < 1.29 is 9.53 Å². The van der Waals surface area contributed by atoms with Crippen molar-refractivity contribution in [3.63, 3.8) is 0 Å². The Balaban J connectivity index is 1.36. The average molecular weight is 375 g/mol. The highest BCUT2D eigenvalue weighted by Crippen LogP contribution is 2.27. The van der Waals surface area contributed by atoms with E-state index in [9.17, 15) is 4.79 Å². The summed E-state index contributed by atoms with van der Waals surface area (Å²) < 4.78 is 7.75. The van der Waals surface area contributed by atoms with E-state index in [0.717, 1.165) is 74.2 Å². The smallest absolute Gasteiger partial charge is 0.226 e. The number of hydrogen-bond donors (Lipinski definition) is 1. The Bertz CT molecular complexity index is 765. The van der Waals surface area contributed by atoms with Crippen molar-refractivity contribution in [3.8, 4) is 0 Å². The molecule has 1 N–H and O–H groups in total. The van der Waals surface area contributed by atoms with E-state index >= 15 is 0 Å². The van der Waals surface area contributed by atoms with Crippen LogP contribution in [0, 0.1) is 6.92 Å². The predicted molar refractivity (Wildman–Crippen MR) is 98.2 cm³/mol. The van der Waals surface area contributed by atoms with Gasteiger partial charge in [-0.25, -0.2) is 4.98 Å². The molecule has 2 aromatic rings. The molecule has 8 heteroatoms. The Morgan fingerprint density at radius 1 is 1.31 bits per heavy atom. The van der Waals surface area contributed by atoms with E-state index in [4.69, 9.17) is 4.74 Å². The zero-order valence-electron chi connectivity index (χ0n) is 15.1. The van der Waals surface area contributed by atoms with Crippen molar-refractivity contribution in [2.24, 2.45) is 0 Å². The second-order valence-electron chi connectivity index (χ2n) is 7.14. The molecule has 0 saturated carbocycles.